The van der Waals surface area contributed by atoms with Crippen LogP contribution in [0, 0.1) is 11.8 Å². The summed E-state index contributed by atoms with van der Waals surface area (Å²) in [5.74, 6) is 1.49. The second-order valence-electron chi connectivity index (χ2n) is 6.85. The van der Waals surface area contributed by atoms with Gasteiger partial charge < -0.3 is 5.32 Å². The van der Waals surface area contributed by atoms with E-state index in [1.54, 1.807) is 31.3 Å². The van der Waals surface area contributed by atoms with Crippen LogP contribution in [-0.2, 0) is 10.0 Å². The second kappa shape index (κ2) is 9.18. The van der Waals surface area contributed by atoms with E-state index >= 15 is 0 Å². The number of rotatable bonds is 8. The third-order valence-corrected chi connectivity index (χ3v) is 7.27. The zero-order chi connectivity index (χ0) is 17.6. The summed E-state index contributed by atoms with van der Waals surface area (Å²) >= 11 is 5.84. The summed E-state index contributed by atoms with van der Waals surface area (Å²) in [6, 6.07) is 6.38. The number of nitrogens with zero attached hydrogens (tertiary/aromatic N) is 1. The van der Waals surface area contributed by atoms with Gasteiger partial charge in [0.25, 0.3) is 0 Å². The van der Waals surface area contributed by atoms with Crippen molar-refractivity contribution in [2.45, 2.75) is 43.4 Å². The fourth-order valence-corrected chi connectivity index (χ4v) is 4.74. The normalized spacial score (nSPS) is 22.0. The van der Waals surface area contributed by atoms with Crippen molar-refractivity contribution in [2.75, 3.05) is 27.2 Å². The second-order valence-corrected chi connectivity index (χ2v) is 9.33. The fraction of sp³-hybridized carbons (Fsp3) is 0.667. The first-order valence-corrected chi connectivity index (χ1v) is 10.6. The molecule has 136 valence electrons. The highest BCUT2D eigenvalue weighted by Gasteiger charge is 2.24. The third kappa shape index (κ3) is 5.45. The minimum atomic E-state index is -3.41. The highest BCUT2D eigenvalue weighted by atomic mass is 35.5. The maximum absolute atomic E-state index is 12.6. The van der Waals surface area contributed by atoms with Crippen LogP contribution < -0.4 is 5.32 Å². The summed E-state index contributed by atoms with van der Waals surface area (Å²) in [4.78, 5) is 0.310. The molecule has 24 heavy (non-hydrogen) atoms. The fourth-order valence-electron chi connectivity index (χ4n) is 3.43. The van der Waals surface area contributed by atoms with Gasteiger partial charge in [-0.1, -0.05) is 37.3 Å². The van der Waals surface area contributed by atoms with Crippen molar-refractivity contribution in [2.24, 2.45) is 11.8 Å². The van der Waals surface area contributed by atoms with E-state index in [0.29, 0.717) is 22.4 Å². The Balaban J connectivity index is 1.81. The maximum Gasteiger partial charge on any atom is 0.242 e. The lowest BCUT2D eigenvalue weighted by Crippen LogP contribution is -2.30. The Morgan fingerprint density at radius 1 is 1.08 bits per heavy atom. The van der Waals surface area contributed by atoms with Gasteiger partial charge in [0.2, 0.25) is 10.0 Å². The van der Waals surface area contributed by atoms with E-state index in [0.717, 1.165) is 18.9 Å². The molecule has 1 N–H and O–H groups in total. The van der Waals surface area contributed by atoms with Gasteiger partial charge in [-0.25, -0.2) is 12.7 Å². The first-order valence-electron chi connectivity index (χ1n) is 8.80. The lowest BCUT2D eigenvalue weighted by Gasteiger charge is -2.29. The van der Waals surface area contributed by atoms with Crippen LogP contribution in [0.5, 0.6) is 0 Å². The lowest BCUT2D eigenvalue weighted by atomic mass is 9.79. The maximum atomic E-state index is 12.6. The standard InChI is InChI=1S/C18H29ClN2O2S/c1-20-13-11-15-3-5-16(6-4-15)12-14-21(2)24(22,23)18-9-7-17(19)8-10-18/h7-10,15-16,20H,3-6,11-14H2,1-2H3. The summed E-state index contributed by atoms with van der Waals surface area (Å²) in [5.41, 5.74) is 0. The molecule has 2 rings (SSSR count). The number of halogens is 1. The summed E-state index contributed by atoms with van der Waals surface area (Å²) in [5, 5.41) is 3.77. The van der Waals surface area contributed by atoms with Gasteiger partial charge in [0.15, 0.2) is 0 Å². The van der Waals surface area contributed by atoms with Gasteiger partial charge in [-0.05, 0) is 62.5 Å². The molecule has 0 aliphatic heterocycles. The molecule has 6 heteroatoms. The van der Waals surface area contributed by atoms with Crippen LogP contribution in [-0.4, -0.2) is 39.9 Å². The highest BCUT2D eigenvalue weighted by molar-refractivity contribution is 7.89. The molecule has 1 aromatic carbocycles. The molecule has 1 fully saturated rings. The van der Waals surface area contributed by atoms with Crippen molar-refractivity contribution in [3.8, 4) is 0 Å². The summed E-state index contributed by atoms with van der Waals surface area (Å²) in [6.07, 6.45) is 7.21. The van der Waals surface area contributed by atoms with Crippen molar-refractivity contribution in [1.29, 1.82) is 0 Å². The van der Waals surface area contributed by atoms with Crippen LogP contribution in [0.25, 0.3) is 0 Å². The molecule has 0 heterocycles. The predicted molar refractivity (Wildman–Crippen MR) is 99.9 cm³/mol. The van der Waals surface area contributed by atoms with Gasteiger partial charge in [0, 0.05) is 18.6 Å². The number of sulfonamides is 1. The van der Waals surface area contributed by atoms with E-state index < -0.39 is 10.0 Å². The SMILES string of the molecule is CNCCC1CCC(CCN(C)S(=O)(=O)c2ccc(Cl)cc2)CC1. The van der Waals surface area contributed by atoms with E-state index in [9.17, 15) is 8.42 Å². The Morgan fingerprint density at radius 3 is 2.17 bits per heavy atom. The van der Waals surface area contributed by atoms with Gasteiger partial charge in [0.05, 0.1) is 4.90 Å². The Bertz CT molecular complexity index is 596. The predicted octanol–water partition coefficient (Wildman–Crippen LogP) is 3.77. The molecular formula is C18H29ClN2O2S. The smallest absolute Gasteiger partial charge is 0.242 e. The van der Waals surface area contributed by atoms with Crippen LogP contribution in [0.15, 0.2) is 29.2 Å². The Kier molecular flexibility index (Phi) is 7.54. The summed E-state index contributed by atoms with van der Waals surface area (Å²) < 4.78 is 26.6. The molecule has 0 atom stereocenters. The van der Waals surface area contributed by atoms with E-state index in [1.165, 1.54) is 36.4 Å². The monoisotopic (exact) mass is 372 g/mol. The molecule has 4 nitrogen and oxygen atoms in total. The minimum Gasteiger partial charge on any atom is -0.320 e. The first-order chi connectivity index (χ1) is 11.4. The molecule has 0 radical (unpaired) electrons. The quantitative estimate of drug-likeness (QED) is 0.755. The molecule has 0 aromatic heterocycles. The van der Waals surface area contributed by atoms with Gasteiger partial charge >= 0.3 is 0 Å². The highest BCUT2D eigenvalue weighted by Crippen LogP contribution is 2.32. The van der Waals surface area contributed by atoms with Crippen molar-refractivity contribution in [1.82, 2.24) is 9.62 Å². The number of hydrogen-bond acceptors (Lipinski definition) is 3. The molecule has 1 aliphatic rings. The molecule has 0 amide bonds. The Labute approximate surface area is 151 Å². The van der Waals surface area contributed by atoms with E-state index in [2.05, 4.69) is 5.32 Å². The van der Waals surface area contributed by atoms with E-state index in [-0.39, 0.29) is 0 Å². The Morgan fingerprint density at radius 2 is 1.62 bits per heavy atom. The van der Waals surface area contributed by atoms with Crippen LogP contribution in [0.1, 0.15) is 38.5 Å². The number of benzene rings is 1. The average Bonchev–Trinajstić information content (AvgIpc) is 2.59. The average molecular weight is 373 g/mol. The van der Waals surface area contributed by atoms with Crippen LogP contribution in [0.3, 0.4) is 0 Å². The van der Waals surface area contributed by atoms with E-state index in [1.807, 2.05) is 7.05 Å². The molecule has 1 aliphatic carbocycles. The van der Waals surface area contributed by atoms with Gasteiger partial charge in [-0.15, -0.1) is 0 Å². The van der Waals surface area contributed by atoms with E-state index in [4.69, 9.17) is 11.6 Å². The van der Waals surface area contributed by atoms with Gasteiger partial charge in [-0.3, -0.25) is 0 Å². The summed E-state index contributed by atoms with van der Waals surface area (Å²) in [6.45, 7) is 1.67. The van der Waals surface area contributed by atoms with Crippen molar-refractivity contribution < 1.29 is 8.42 Å². The first kappa shape index (κ1) is 19.7. The molecule has 0 spiro atoms. The zero-order valence-corrected chi connectivity index (χ0v) is 16.2. The van der Waals surface area contributed by atoms with Gasteiger partial charge in [0.1, 0.15) is 0 Å². The number of hydrogen-bond donors (Lipinski definition) is 1. The number of nitrogens with one attached hydrogen (secondary N) is 1. The molecular weight excluding hydrogens is 344 g/mol. The zero-order valence-electron chi connectivity index (χ0n) is 14.7. The van der Waals surface area contributed by atoms with Crippen molar-refractivity contribution in [3.63, 3.8) is 0 Å². The molecule has 0 unspecified atom stereocenters. The van der Waals surface area contributed by atoms with Crippen LogP contribution >= 0.6 is 11.6 Å². The summed E-state index contributed by atoms with van der Waals surface area (Å²) in [7, 11) is 0.259. The third-order valence-electron chi connectivity index (χ3n) is 5.14. The van der Waals surface area contributed by atoms with Crippen molar-refractivity contribution >= 4 is 21.6 Å². The van der Waals surface area contributed by atoms with Crippen molar-refractivity contribution in [3.05, 3.63) is 29.3 Å². The molecule has 1 saturated carbocycles. The Hall–Kier alpha value is -0.620. The molecule has 1 aromatic rings. The topological polar surface area (TPSA) is 49.4 Å². The molecule has 0 bridgehead atoms. The van der Waals surface area contributed by atoms with Crippen LogP contribution in [0.2, 0.25) is 5.02 Å². The largest absolute Gasteiger partial charge is 0.320 e. The van der Waals surface area contributed by atoms with Crippen LogP contribution in [0.4, 0.5) is 0 Å². The molecule has 0 saturated heterocycles. The van der Waals surface area contributed by atoms with Gasteiger partial charge in [-0.2, -0.15) is 0 Å². The minimum absolute atomic E-state index is 0.310. The lowest BCUT2D eigenvalue weighted by molar-refractivity contribution is 0.243.